The second-order valence-corrected chi connectivity index (χ2v) is 5.63. The van der Waals surface area contributed by atoms with Gasteiger partial charge in [0.15, 0.2) is 5.78 Å². The molecule has 0 amide bonds. The number of Topliss-reactive ketones (excluding diaryl/α,β-unsaturated/α-hetero) is 1. The summed E-state index contributed by atoms with van der Waals surface area (Å²) in [5, 5.41) is 0. The maximum atomic E-state index is 13.5. The van der Waals surface area contributed by atoms with Gasteiger partial charge in [-0.15, -0.1) is 0 Å². The molecule has 0 unspecified atom stereocenters. The van der Waals surface area contributed by atoms with Crippen LogP contribution in [0.3, 0.4) is 0 Å². The summed E-state index contributed by atoms with van der Waals surface area (Å²) >= 11 is 3.17. The molecule has 0 N–H and O–H groups in total. The van der Waals surface area contributed by atoms with E-state index in [1.165, 1.54) is 17.2 Å². The van der Waals surface area contributed by atoms with Crippen molar-refractivity contribution < 1.29 is 9.18 Å². The van der Waals surface area contributed by atoms with E-state index in [4.69, 9.17) is 0 Å². The molecule has 0 aliphatic heterocycles. The van der Waals surface area contributed by atoms with Crippen LogP contribution in [0, 0.1) is 11.7 Å². The number of ketones is 1. The van der Waals surface area contributed by atoms with Crippen LogP contribution >= 0.6 is 15.9 Å². The van der Waals surface area contributed by atoms with Crippen LogP contribution in [0.15, 0.2) is 46.9 Å². The van der Waals surface area contributed by atoms with Crippen molar-refractivity contribution in [2.75, 3.05) is 0 Å². The van der Waals surface area contributed by atoms with E-state index < -0.39 is 0 Å². The Morgan fingerprint density at radius 3 is 2.32 bits per heavy atom. The van der Waals surface area contributed by atoms with E-state index in [0.717, 1.165) is 12.8 Å². The highest BCUT2D eigenvalue weighted by molar-refractivity contribution is 9.10. The molecular formula is C16H12BrFO. The lowest BCUT2D eigenvalue weighted by Gasteiger charge is -2.10. The van der Waals surface area contributed by atoms with Crippen molar-refractivity contribution in [1.82, 2.24) is 0 Å². The fraction of sp³-hybridized carbons (Fsp3) is 0.188. The van der Waals surface area contributed by atoms with Crippen molar-refractivity contribution in [1.29, 1.82) is 0 Å². The van der Waals surface area contributed by atoms with Gasteiger partial charge in [-0.25, -0.2) is 4.39 Å². The first-order valence-corrected chi connectivity index (χ1v) is 7.01. The third-order valence-electron chi connectivity index (χ3n) is 3.64. The van der Waals surface area contributed by atoms with E-state index in [2.05, 4.69) is 28.1 Å². The molecule has 0 atom stereocenters. The summed E-state index contributed by atoms with van der Waals surface area (Å²) in [5.74, 6) is -0.445. The molecule has 2 aromatic rings. The molecule has 0 aromatic heterocycles. The average Bonchev–Trinajstić information content (AvgIpc) is 2.85. The van der Waals surface area contributed by atoms with Crippen molar-refractivity contribution in [3.63, 3.8) is 0 Å². The Bertz CT molecular complexity index is 626. The molecule has 0 saturated heterocycles. The predicted octanol–water partition coefficient (Wildman–Crippen LogP) is 4.19. The zero-order chi connectivity index (χ0) is 13.4. The van der Waals surface area contributed by atoms with Gasteiger partial charge in [0.1, 0.15) is 5.82 Å². The van der Waals surface area contributed by atoms with Gasteiger partial charge in [-0.05, 0) is 46.0 Å². The maximum Gasteiger partial charge on any atom is 0.167 e. The lowest BCUT2D eigenvalue weighted by atomic mass is 9.95. The van der Waals surface area contributed by atoms with Gasteiger partial charge in [-0.2, -0.15) is 0 Å². The first kappa shape index (κ1) is 12.5. The Balaban J connectivity index is 1.89. The smallest absolute Gasteiger partial charge is 0.167 e. The largest absolute Gasteiger partial charge is 0.294 e. The standard InChI is InChI=1S/C16H12BrFO/c17-15-13(6-3-7-14(15)18)16(19)12-8-10-4-1-2-5-11(10)9-12/h1-7,12H,8-9H2. The first-order valence-electron chi connectivity index (χ1n) is 6.22. The van der Waals surface area contributed by atoms with Gasteiger partial charge in [0, 0.05) is 11.5 Å². The predicted molar refractivity (Wildman–Crippen MR) is 75.8 cm³/mol. The van der Waals surface area contributed by atoms with E-state index in [0.29, 0.717) is 5.56 Å². The highest BCUT2D eigenvalue weighted by Gasteiger charge is 2.29. The zero-order valence-electron chi connectivity index (χ0n) is 10.2. The minimum absolute atomic E-state index is 0.0163. The lowest BCUT2D eigenvalue weighted by molar-refractivity contribution is 0.0923. The van der Waals surface area contributed by atoms with Crippen LogP contribution in [0.2, 0.25) is 0 Å². The van der Waals surface area contributed by atoms with Gasteiger partial charge in [-0.1, -0.05) is 36.4 Å². The Kier molecular flexibility index (Phi) is 3.23. The molecule has 0 heterocycles. The number of fused-ring (bicyclic) bond motifs is 1. The number of carbonyl (C=O) groups excluding carboxylic acids is 1. The van der Waals surface area contributed by atoms with Crippen LogP contribution in [0.4, 0.5) is 4.39 Å². The van der Waals surface area contributed by atoms with Crippen LogP contribution in [0.25, 0.3) is 0 Å². The van der Waals surface area contributed by atoms with Crippen LogP contribution in [0.5, 0.6) is 0 Å². The van der Waals surface area contributed by atoms with E-state index in [9.17, 15) is 9.18 Å². The number of hydrogen-bond donors (Lipinski definition) is 0. The molecule has 0 radical (unpaired) electrons. The van der Waals surface area contributed by atoms with E-state index in [1.807, 2.05) is 12.1 Å². The summed E-state index contributed by atoms with van der Waals surface area (Å²) in [5.41, 5.74) is 2.90. The molecule has 0 spiro atoms. The molecule has 96 valence electrons. The van der Waals surface area contributed by atoms with Crippen molar-refractivity contribution in [3.05, 3.63) is 69.4 Å². The Hall–Kier alpha value is -1.48. The third kappa shape index (κ3) is 2.23. The van der Waals surface area contributed by atoms with Gasteiger partial charge in [0.2, 0.25) is 0 Å². The minimum atomic E-state index is -0.388. The topological polar surface area (TPSA) is 17.1 Å². The van der Waals surface area contributed by atoms with Crippen molar-refractivity contribution in [2.24, 2.45) is 5.92 Å². The third-order valence-corrected chi connectivity index (χ3v) is 4.44. The zero-order valence-corrected chi connectivity index (χ0v) is 11.8. The molecule has 1 nitrogen and oxygen atoms in total. The number of hydrogen-bond acceptors (Lipinski definition) is 1. The van der Waals surface area contributed by atoms with E-state index in [1.54, 1.807) is 12.1 Å². The molecule has 2 aromatic carbocycles. The quantitative estimate of drug-likeness (QED) is 0.759. The molecule has 0 fully saturated rings. The van der Waals surface area contributed by atoms with E-state index in [-0.39, 0.29) is 22.0 Å². The molecule has 1 aliphatic carbocycles. The number of benzene rings is 2. The van der Waals surface area contributed by atoms with E-state index >= 15 is 0 Å². The maximum absolute atomic E-state index is 13.5. The summed E-state index contributed by atoms with van der Waals surface area (Å²) in [6.07, 6.45) is 1.50. The summed E-state index contributed by atoms with van der Waals surface area (Å²) < 4.78 is 13.8. The fourth-order valence-corrected chi connectivity index (χ4v) is 3.12. The lowest BCUT2D eigenvalue weighted by Crippen LogP contribution is -2.15. The molecule has 1 aliphatic rings. The fourth-order valence-electron chi connectivity index (χ4n) is 2.66. The first-order chi connectivity index (χ1) is 9.16. The highest BCUT2D eigenvalue weighted by atomic mass is 79.9. The normalized spacial score (nSPS) is 14.4. The molecule has 19 heavy (non-hydrogen) atoms. The van der Waals surface area contributed by atoms with Crippen LogP contribution in [-0.4, -0.2) is 5.78 Å². The molecule has 0 saturated carbocycles. The molecular weight excluding hydrogens is 307 g/mol. The summed E-state index contributed by atoms with van der Waals surface area (Å²) in [6.45, 7) is 0. The van der Waals surface area contributed by atoms with Crippen molar-refractivity contribution in [3.8, 4) is 0 Å². The monoisotopic (exact) mass is 318 g/mol. The average molecular weight is 319 g/mol. The number of rotatable bonds is 2. The van der Waals surface area contributed by atoms with Gasteiger partial charge >= 0.3 is 0 Å². The molecule has 0 bridgehead atoms. The van der Waals surface area contributed by atoms with Gasteiger partial charge in [0.25, 0.3) is 0 Å². The van der Waals surface area contributed by atoms with Crippen molar-refractivity contribution in [2.45, 2.75) is 12.8 Å². The molecule has 3 rings (SSSR count). The minimum Gasteiger partial charge on any atom is -0.294 e. The molecule has 3 heteroatoms. The second-order valence-electron chi connectivity index (χ2n) is 4.84. The van der Waals surface area contributed by atoms with Gasteiger partial charge in [0.05, 0.1) is 4.47 Å². The van der Waals surface area contributed by atoms with Crippen LogP contribution in [0.1, 0.15) is 21.5 Å². The van der Waals surface area contributed by atoms with Gasteiger partial charge < -0.3 is 0 Å². The van der Waals surface area contributed by atoms with Crippen molar-refractivity contribution >= 4 is 21.7 Å². The van der Waals surface area contributed by atoms with Crippen LogP contribution < -0.4 is 0 Å². The number of halogens is 2. The summed E-state index contributed by atoms with van der Waals surface area (Å²) in [7, 11) is 0. The van der Waals surface area contributed by atoms with Gasteiger partial charge in [-0.3, -0.25) is 4.79 Å². The summed E-state index contributed by atoms with van der Waals surface area (Å²) in [4.78, 5) is 12.5. The second kappa shape index (κ2) is 4.89. The Morgan fingerprint density at radius 1 is 1.05 bits per heavy atom. The Morgan fingerprint density at radius 2 is 1.68 bits per heavy atom. The summed E-state index contributed by atoms with van der Waals surface area (Å²) in [6, 6.07) is 12.7. The Labute approximate surface area is 119 Å². The number of carbonyl (C=O) groups is 1. The SMILES string of the molecule is O=C(c1cccc(F)c1Br)C1Cc2ccccc2C1. The highest BCUT2D eigenvalue weighted by Crippen LogP contribution is 2.31. The van der Waals surface area contributed by atoms with Crippen LogP contribution in [-0.2, 0) is 12.8 Å².